The van der Waals surface area contributed by atoms with Crippen molar-refractivity contribution in [1.29, 1.82) is 0 Å². The standard InChI is InChI=1S/C24H24N2O2/c27-23(18-12-13-18)26-22-16-20-11-5-4-10-19(20)15-21(22)24(28)25-14-6-9-17-7-2-1-3-8-17/h1-5,7-8,10-11,15-16,18H,6,9,12-14H2,(H,25,28)(H,26,27). The molecule has 2 N–H and O–H groups in total. The van der Waals surface area contributed by atoms with Crippen LogP contribution in [-0.2, 0) is 11.2 Å². The van der Waals surface area contributed by atoms with Crippen molar-refractivity contribution in [3.05, 3.63) is 77.9 Å². The van der Waals surface area contributed by atoms with E-state index in [-0.39, 0.29) is 17.7 Å². The summed E-state index contributed by atoms with van der Waals surface area (Å²) in [5.74, 6) is -0.0495. The van der Waals surface area contributed by atoms with Gasteiger partial charge in [0, 0.05) is 12.5 Å². The highest BCUT2D eigenvalue weighted by molar-refractivity contribution is 6.08. The van der Waals surface area contributed by atoms with Gasteiger partial charge >= 0.3 is 0 Å². The van der Waals surface area contributed by atoms with Crippen LogP contribution in [0.5, 0.6) is 0 Å². The Kier molecular flexibility index (Phi) is 5.38. The van der Waals surface area contributed by atoms with Crippen LogP contribution >= 0.6 is 0 Å². The molecule has 0 saturated heterocycles. The van der Waals surface area contributed by atoms with Crippen molar-refractivity contribution >= 4 is 28.3 Å². The van der Waals surface area contributed by atoms with E-state index in [9.17, 15) is 9.59 Å². The first-order valence-corrected chi connectivity index (χ1v) is 9.86. The molecule has 3 aromatic carbocycles. The molecule has 142 valence electrons. The molecule has 0 aromatic heterocycles. The van der Waals surface area contributed by atoms with E-state index >= 15 is 0 Å². The third-order valence-corrected chi connectivity index (χ3v) is 5.11. The van der Waals surface area contributed by atoms with E-state index in [4.69, 9.17) is 0 Å². The Morgan fingerprint density at radius 2 is 1.57 bits per heavy atom. The SMILES string of the molecule is O=C(NCCCc1ccccc1)c1cc2ccccc2cc1NC(=O)C1CC1. The highest BCUT2D eigenvalue weighted by Crippen LogP contribution is 2.32. The maximum atomic E-state index is 12.8. The maximum absolute atomic E-state index is 12.8. The zero-order valence-electron chi connectivity index (χ0n) is 15.8. The van der Waals surface area contributed by atoms with Gasteiger partial charge in [-0.15, -0.1) is 0 Å². The van der Waals surface area contributed by atoms with Crippen LogP contribution in [0.3, 0.4) is 0 Å². The summed E-state index contributed by atoms with van der Waals surface area (Å²) in [6, 6.07) is 21.9. The summed E-state index contributed by atoms with van der Waals surface area (Å²) in [6.07, 6.45) is 3.65. The van der Waals surface area contributed by atoms with Crippen molar-refractivity contribution in [3.63, 3.8) is 0 Å². The molecule has 1 saturated carbocycles. The zero-order valence-corrected chi connectivity index (χ0v) is 15.8. The van der Waals surface area contributed by atoms with Crippen LogP contribution in [0.2, 0.25) is 0 Å². The van der Waals surface area contributed by atoms with E-state index in [1.807, 2.05) is 54.6 Å². The lowest BCUT2D eigenvalue weighted by molar-refractivity contribution is -0.117. The van der Waals surface area contributed by atoms with Gasteiger partial charge in [0.05, 0.1) is 11.3 Å². The predicted octanol–water partition coefficient (Wildman–Crippen LogP) is 4.55. The van der Waals surface area contributed by atoms with Gasteiger partial charge in [-0.1, -0.05) is 54.6 Å². The number of carbonyl (C=O) groups excluding carboxylic acids is 2. The third-order valence-electron chi connectivity index (χ3n) is 5.11. The van der Waals surface area contributed by atoms with Crippen molar-refractivity contribution in [2.45, 2.75) is 25.7 Å². The Labute approximate surface area is 165 Å². The third kappa shape index (κ3) is 4.39. The van der Waals surface area contributed by atoms with Crippen molar-refractivity contribution < 1.29 is 9.59 Å². The van der Waals surface area contributed by atoms with Gasteiger partial charge in [-0.3, -0.25) is 9.59 Å². The molecule has 3 aromatic rings. The van der Waals surface area contributed by atoms with Crippen LogP contribution < -0.4 is 10.6 Å². The lowest BCUT2D eigenvalue weighted by atomic mass is 10.0. The van der Waals surface area contributed by atoms with Crippen LogP contribution in [0.4, 0.5) is 5.69 Å². The van der Waals surface area contributed by atoms with E-state index in [0.29, 0.717) is 17.8 Å². The molecule has 1 aliphatic carbocycles. The van der Waals surface area contributed by atoms with Crippen molar-refractivity contribution in [3.8, 4) is 0 Å². The number of rotatable bonds is 7. The molecule has 1 fully saturated rings. The number of amides is 2. The fourth-order valence-corrected chi connectivity index (χ4v) is 3.35. The Hall–Kier alpha value is -3.14. The normalized spacial score (nSPS) is 13.3. The second-order valence-corrected chi connectivity index (χ2v) is 7.35. The fourth-order valence-electron chi connectivity index (χ4n) is 3.35. The molecule has 4 nitrogen and oxygen atoms in total. The first-order chi connectivity index (χ1) is 13.7. The molecule has 28 heavy (non-hydrogen) atoms. The van der Waals surface area contributed by atoms with Crippen LogP contribution in [0, 0.1) is 5.92 Å². The van der Waals surface area contributed by atoms with E-state index < -0.39 is 0 Å². The molecular weight excluding hydrogens is 348 g/mol. The van der Waals surface area contributed by atoms with Crippen molar-refractivity contribution in [1.82, 2.24) is 5.32 Å². The average molecular weight is 372 g/mol. The lowest BCUT2D eigenvalue weighted by Crippen LogP contribution is -2.26. The number of hydrogen-bond acceptors (Lipinski definition) is 2. The highest BCUT2D eigenvalue weighted by Gasteiger charge is 2.30. The number of anilines is 1. The minimum Gasteiger partial charge on any atom is -0.352 e. The summed E-state index contributed by atoms with van der Waals surface area (Å²) in [4.78, 5) is 25.1. The number of benzene rings is 3. The summed E-state index contributed by atoms with van der Waals surface area (Å²) >= 11 is 0. The number of carbonyl (C=O) groups is 2. The van der Waals surface area contributed by atoms with Gasteiger partial charge in [0.15, 0.2) is 0 Å². The summed E-state index contributed by atoms with van der Waals surface area (Å²) in [5, 5.41) is 7.96. The largest absolute Gasteiger partial charge is 0.352 e. The minimum atomic E-state index is -0.148. The topological polar surface area (TPSA) is 58.2 Å². The van der Waals surface area contributed by atoms with E-state index in [1.165, 1.54) is 5.56 Å². The molecular formula is C24H24N2O2. The molecule has 0 spiro atoms. The Bertz CT molecular complexity index is 994. The van der Waals surface area contributed by atoms with E-state index in [0.717, 1.165) is 36.5 Å². The number of hydrogen-bond donors (Lipinski definition) is 2. The predicted molar refractivity (Wildman–Crippen MR) is 112 cm³/mol. The lowest BCUT2D eigenvalue weighted by Gasteiger charge is -2.13. The van der Waals surface area contributed by atoms with Gasteiger partial charge in [0.1, 0.15) is 0 Å². The molecule has 4 heteroatoms. The summed E-state index contributed by atoms with van der Waals surface area (Å²) < 4.78 is 0. The number of aryl methyl sites for hydroxylation is 1. The summed E-state index contributed by atoms with van der Waals surface area (Å²) in [7, 11) is 0. The summed E-state index contributed by atoms with van der Waals surface area (Å²) in [5.41, 5.74) is 2.38. The number of nitrogens with one attached hydrogen (secondary N) is 2. The second kappa shape index (κ2) is 8.26. The smallest absolute Gasteiger partial charge is 0.253 e. The fraction of sp³-hybridized carbons (Fsp3) is 0.250. The van der Waals surface area contributed by atoms with Gasteiger partial charge in [0.25, 0.3) is 5.91 Å². The molecule has 0 atom stereocenters. The molecule has 0 radical (unpaired) electrons. The van der Waals surface area contributed by atoms with Crippen molar-refractivity contribution in [2.75, 3.05) is 11.9 Å². The number of fused-ring (bicyclic) bond motifs is 1. The van der Waals surface area contributed by atoms with Crippen molar-refractivity contribution in [2.24, 2.45) is 5.92 Å². The molecule has 2 amide bonds. The van der Waals surface area contributed by atoms with Gasteiger partial charge in [-0.05, 0) is 54.2 Å². The van der Waals surface area contributed by atoms with Crippen LogP contribution in [0.15, 0.2) is 66.7 Å². The zero-order chi connectivity index (χ0) is 19.3. The van der Waals surface area contributed by atoms with E-state index in [1.54, 1.807) is 0 Å². The molecule has 4 rings (SSSR count). The second-order valence-electron chi connectivity index (χ2n) is 7.35. The van der Waals surface area contributed by atoms with Gasteiger partial charge in [0.2, 0.25) is 5.91 Å². The van der Waals surface area contributed by atoms with Gasteiger partial charge in [-0.25, -0.2) is 0 Å². The van der Waals surface area contributed by atoms with Gasteiger partial charge < -0.3 is 10.6 Å². The first kappa shape index (κ1) is 18.2. The molecule has 0 aliphatic heterocycles. The monoisotopic (exact) mass is 372 g/mol. The highest BCUT2D eigenvalue weighted by atomic mass is 16.2. The Balaban J connectivity index is 1.46. The van der Waals surface area contributed by atoms with E-state index in [2.05, 4.69) is 22.8 Å². The van der Waals surface area contributed by atoms with Crippen LogP contribution in [0.25, 0.3) is 10.8 Å². The molecule has 0 bridgehead atoms. The maximum Gasteiger partial charge on any atom is 0.253 e. The quantitative estimate of drug-likeness (QED) is 0.598. The Morgan fingerprint density at radius 3 is 2.29 bits per heavy atom. The minimum absolute atomic E-state index is 0.00779. The van der Waals surface area contributed by atoms with Crippen LogP contribution in [0.1, 0.15) is 35.2 Å². The van der Waals surface area contributed by atoms with Crippen LogP contribution in [-0.4, -0.2) is 18.4 Å². The first-order valence-electron chi connectivity index (χ1n) is 9.86. The van der Waals surface area contributed by atoms with Gasteiger partial charge in [-0.2, -0.15) is 0 Å². The molecule has 1 aliphatic rings. The average Bonchev–Trinajstić information content (AvgIpc) is 3.57. The summed E-state index contributed by atoms with van der Waals surface area (Å²) in [6.45, 7) is 0.594. The Morgan fingerprint density at radius 1 is 0.893 bits per heavy atom. The molecule has 0 heterocycles. The molecule has 0 unspecified atom stereocenters.